The number of benzene rings is 2. The molecule has 0 saturated heterocycles. The number of rotatable bonds is 7. The molecule has 0 radical (unpaired) electrons. The van der Waals surface area contributed by atoms with Gasteiger partial charge in [-0.05, 0) is 18.2 Å². The van der Waals surface area contributed by atoms with Crippen LogP contribution in [0, 0.1) is 6.92 Å². The van der Waals surface area contributed by atoms with E-state index in [0.29, 0.717) is 29.6 Å². The van der Waals surface area contributed by atoms with Gasteiger partial charge in [-0.1, -0.05) is 35.5 Å². The first-order valence-corrected chi connectivity index (χ1v) is 8.08. The van der Waals surface area contributed by atoms with Crippen molar-refractivity contribution in [2.45, 2.75) is 20.1 Å². The van der Waals surface area contributed by atoms with Crippen LogP contribution in [-0.2, 0) is 13.2 Å². The Morgan fingerprint density at radius 2 is 1.85 bits per heavy atom. The third-order valence-electron chi connectivity index (χ3n) is 3.69. The Labute approximate surface area is 150 Å². The summed E-state index contributed by atoms with van der Waals surface area (Å²) in [6.07, 6.45) is 0. The SMILES string of the molecule is COc1ccccc1CNC(=O)c1ccccc1OCc1noc(C)n1. The molecule has 2 aromatic carbocycles. The highest BCUT2D eigenvalue weighted by atomic mass is 16.5. The normalized spacial score (nSPS) is 10.4. The van der Waals surface area contributed by atoms with E-state index < -0.39 is 0 Å². The maximum Gasteiger partial charge on any atom is 0.255 e. The largest absolute Gasteiger partial charge is 0.496 e. The van der Waals surface area contributed by atoms with Crippen LogP contribution in [0.4, 0.5) is 0 Å². The Kier molecular flexibility index (Phi) is 5.48. The predicted molar refractivity (Wildman–Crippen MR) is 94.0 cm³/mol. The molecule has 0 spiro atoms. The van der Waals surface area contributed by atoms with Gasteiger partial charge in [0.05, 0.1) is 12.7 Å². The average molecular weight is 353 g/mol. The molecule has 7 nitrogen and oxygen atoms in total. The van der Waals surface area contributed by atoms with Crippen LogP contribution in [0.5, 0.6) is 11.5 Å². The van der Waals surface area contributed by atoms with Gasteiger partial charge < -0.3 is 19.3 Å². The fourth-order valence-electron chi connectivity index (χ4n) is 2.44. The molecule has 134 valence electrons. The second-order valence-corrected chi connectivity index (χ2v) is 5.51. The number of ether oxygens (including phenoxy) is 2. The van der Waals surface area contributed by atoms with Gasteiger partial charge in [0.2, 0.25) is 11.7 Å². The van der Waals surface area contributed by atoms with Gasteiger partial charge in [-0.15, -0.1) is 0 Å². The molecule has 7 heteroatoms. The predicted octanol–water partition coefficient (Wildman–Crippen LogP) is 2.90. The standard InChI is InChI=1S/C19H19N3O4/c1-13-21-18(22-26-13)12-25-17-10-6-4-8-15(17)19(23)20-11-14-7-3-5-9-16(14)24-2/h3-10H,11-12H2,1-2H3,(H,20,23). The molecular weight excluding hydrogens is 334 g/mol. The van der Waals surface area contributed by atoms with E-state index >= 15 is 0 Å². The van der Waals surface area contributed by atoms with Gasteiger partial charge in [-0.25, -0.2) is 0 Å². The van der Waals surface area contributed by atoms with Crippen LogP contribution in [0.15, 0.2) is 53.1 Å². The van der Waals surface area contributed by atoms with E-state index in [0.717, 1.165) is 11.3 Å². The van der Waals surface area contributed by atoms with Crippen molar-refractivity contribution in [1.82, 2.24) is 15.5 Å². The number of amides is 1. The molecule has 1 heterocycles. The van der Waals surface area contributed by atoms with Crippen molar-refractivity contribution < 1.29 is 18.8 Å². The van der Waals surface area contributed by atoms with E-state index in [-0.39, 0.29) is 12.5 Å². The summed E-state index contributed by atoms with van der Waals surface area (Å²) in [7, 11) is 1.60. The highest BCUT2D eigenvalue weighted by molar-refractivity contribution is 5.96. The lowest BCUT2D eigenvalue weighted by atomic mass is 10.1. The van der Waals surface area contributed by atoms with Gasteiger partial charge in [-0.2, -0.15) is 4.98 Å². The molecule has 0 saturated carbocycles. The third-order valence-corrected chi connectivity index (χ3v) is 3.69. The van der Waals surface area contributed by atoms with E-state index in [9.17, 15) is 4.79 Å². The number of carbonyl (C=O) groups is 1. The summed E-state index contributed by atoms with van der Waals surface area (Å²) < 4.78 is 15.9. The van der Waals surface area contributed by atoms with Gasteiger partial charge in [-0.3, -0.25) is 4.79 Å². The molecule has 1 N–H and O–H groups in total. The van der Waals surface area contributed by atoms with E-state index in [1.54, 1.807) is 38.3 Å². The van der Waals surface area contributed by atoms with E-state index in [2.05, 4.69) is 15.5 Å². The van der Waals surface area contributed by atoms with Gasteiger partial charge in [0, 0.05) is 19.0 Å². The Balaban J connectivity index is 1.67. The lowest BCUT2D eigenvalue weighted by molar-refractivity contribution is 0.0946. The zero-order valence-corrected chi connectivity index (χ0v) is 14.6. The van der Waals surface area contributed by atoms with E-state index in [1.165, 1.54) is 0 Å². The topological polar surface area (TPSA) is 86.5 Å². The monoisotopic (exact) mass is 353 g/mol. The number of nitrogens with one attached hydrogen (secondary N) is 1. The van der Waals surface area contributed by atoms with Crippen molar-refractivity contribution in [3.05, 3.63) is 71.4 Å². The van der Waals surface area contributed by atoms with Crippen molar-refractivity contribution in [1.29, 1.82) is 0 Å². The van der Waals surface area contributed by atoms with Crippen molar-refractivity contribution in [2.24, 2.45) is 0 Å². The van der Waals surface area contributed by atoms with Gasteiger partial charge in [0.1, 0.15) is 11.5 Å². The summed E-state index contributed by atoms with van der Waals surface area (Å²) in [4.78, 5) is 16.7. The van der Waals surface area contributed by atoms with E-state index in [4.69, 9.17) is 14.0 Å². The van der Waals surface area contributed by atoms with Gasteiger partial charge >= 0.3 is 0 Å². The summed E-state index contributed by atoms with van der Waals surface area (Å²) in [5.74, 6) is 1.83. The van der Waals surface area contributed by atoms with Crippen LogP contribution in [0.1, 0.15) is 27.6 Å². The smallest absolute Gasteiger partial charge is 0.255 e. The fourth-order valence-corrected chi connectivity index (χ4v) is 2.44. The minimum Gasteiger partial charge on any atom is -0.496 e. The molecule has 0 aliphatic heterocycles. The number of carbonyl (C=O) groups excluding carboxylic acids is 1. The second kappa shape index (κ2) is 8.15. The first-order valence-electron chi connectivity index (χ1n) is 8.08. The van der Waals surface area contributed by atoms with Crippen LogP contribution in [0.2, 0.25) is 0 Å². The zero-order valence-electron chi connectivity index (χ0n) is 14.6. The van der Waals surface area contributed by atoms with Crippen molar-refractivity contribution in [2.75, 3.05) is 7.11 Å². The van der Waals surface area contributed by atoms with Crippen LogP contribution in [0.25, 0.3) is 0 Å². The Bertz CT molecular complexity index is 892. The van der Waals surface area contributed by atoms with E-state index in [1.807, 2.05) is 24.3 Å². The summed E-state index contributed by atoms with van der Waals surface area (Å²) in [5, 5.41) is 6.66. The Morgan fingerprint density at radius 3 is 2.58 bits per heavy atom. The summed E-state index contributed by atoms with van der Waals surface area (Å²) in [6.45, 7) is 2.17. The van der Waals surface area contributed by atoms with Crippen LogP contribution >= 0.6 is 0 Å². The number of para-hydroxylation sites is 2. The van der Waals surface area contributed by atoms with Crippen molar-refractivity contribution >= 4 is 5.91 Å². The lowest BCUT2D eigenvalue weighted by Gasteiger charge is -2.12. The molecule has 0 unspecified atom stereocenters. The molecule has 0 aliphatic carbocycles. The lowest BCUT2D eigenvalue weighted by Crippen LogP contribution is -2.23. The average Bonchev–Trinajstić information content (AvgIpc) is 3.10. The molecule has 1 amide bonds. The fraction of sp³-hybridized carbons (Fsp3) is 0.211. The quantitative estimate of drug-likeness (QED) is 0.703. The number of nitrogens with zero attached hydrogens (tertiary/aromatic N) is 2. The first kappa shape index (κ1) is 17.5. The van der Waals surface area contributed by atoms with Gasteiger partial charge in [0.25, 0.3) is 5.91 Å². The number of aromatic nitrogens is 2. The maximum absolute atomic E-state index is 12.6. The molecule has 1 aromatic heterocycles. The Morgan fingerprint density at radius 1 is 1.12 bits per heavy atom. The van der Waals surface area contributed by atoms with Crippen LogP contribution < -0.4 is 14.8 Å². The van der Waals surface area contributed by atoms with Crippen LogP contribution in [-0.4, -0.2) is 23.2 Å². The second-order valence-electron chi connectivity index (χ2n) is 5.51. The number of hydrogen-bond acceptors (Lipinski definition) is 6. The van der Waals surface area contributed by atoms with Crippen LogP contribution in [0.3, 0.4) is 0 Å². The molecular formula is C19H19N3O4. The summed E-state index contributed by atoms with van der Waals surface area (Å²) >= 11 is 0. The molecule has 0 atom stereocenters. The Hall–Kier alpha value is -3.35. The van der Waals surface area contributed by atoms with Crippen molar-refractivity contribution in [3.8, 4) is 11.5 Å². The first-order chi connectivity index (χ1) is 12.7. The molecule has 0 aliphatic rings. The highest BCUT2D eigenvalue weighted by Crippen LogP contribution is 2.20. The molecule has 3 aromatic rings. The molecule has 0 bridgehead atoms. The maximum atomic E-state index is 12.6. The molecule has 0 fully saturated rings. The highest BCUT2D eigenvalue weighted by Gasteiger charge is 2.14. The minimum absolute atomic E-state index is 0.119. The number of aryl methyl sites for hydroxylation is 1. The molecule has 26 heavy (non-hydrogen) atoms. The third kappa shape index (κ3) is 4.18. The number of hydrogen-bond donors (Lipinski definition) is 1. The molecule has 3 rings (SSSR count). The van der Waals surface area contributed by atoms with Crippen molar-refractivity contribution in [3.63, 3.8) is 0 Å². The van der Waals surface area contributed by atoms with Gasteiger partial charge in [0.15, 0.2) is 6.61 Å². The summed E-state index contributed by atoms with van der Waals surface area (Å²) in [6, 6.07) is 14.5. The zero-order chi connectivity index (χ0) is 18.4. The minimum atomic E-state index is -0.240. The number of methoxy groups -OCH3 is 1. The summed E-state index contributed by atoms with van der Waals surface area (Å²) in [5.41, 5.74) is 1.33.